The third-order valence-electron chi connectivity index (χ3n) is 3.38. The van der Waals surface area contributed by atoms with Crippen molar-refractivity contribution >= 4 is 21.4 Å². The highest BCUT2D eigenvalue weighted by Crippen LogP contribution is 2.29. The van der Waals surface area contributed by atoms with Gasteiger partial charge in [-0.1, -0.05) is 74.8 Å². The van der Waals surface area contributed by atoms with Crippen LogP contribution in [-0.4, -0.2) is 25.7 Å². The molecule has 174 valence electrons. The van der Waals surface area contributed by atoms with Crippen LogP contribution in [0.4, 0.5) is 18.9 Å². The molecule has 0 aliphatic rings. The second-order valence-electron chi connectivity index (χ2n) is 6.06. The van der Waals surface area contributed by atoms with E-state index in [0.29, 0.717) is 11.1 Å². The average molecular weight is 461 g/mol. The summed E-state index contributed by atoms with van der Waals surface area (Å²) in [6, 6.07) is 13.0. The molecule has 0 unspecified atom stereocenters. The van der Waals surface area contributed by atoms with Gasteiger partial charge in [0.05, 0.1) is 5.69 Å². The lowest BCUT2D eigenvalue weighted by molar-refractivity contribution is -0.0429. The first kappa shape index (κ1) is 28.5. The summed E-state index contributed by atoms with van der Waals surface area (Å²) in [6.07, 6.45) is -0.274. The first-order valence-corrected chi connectivity index (χ1v) is 11.5. The van der Waals surface area contributed by atoms with Crippen molar-refractivity contribution < 1.29 is 26.4 Å². The molecule has 2 rings (SSSR count). The number of oxime groups is 1. The van der Waals surface area contributed by atoms with Gasteiger partial charge in [-0.05, 0) is 32.9 Å². The summed E-state index contributed by atoms with van der Waals surface area (Å²) in [4.78, 5) is 5.29. The van der Waals surface area contributed by atoms with Gasteiger partial charge in [-0.3, -0.25) is 4.72 Å². The fourth-order valence-electron chi connectivity index (χ4n) is 2.16. The lowest BCUT2D eigenvalue weighted by atomic mass is 9.99. The predicted octanol–water partition coefficient (Wildman–Crippen LogP) is 6.49. The Kier molecular flexibility index (Phi) is 11.9. The summed E-state index contributed by atoms with van der Waals surface area (Å²) in [5, 5.41) is 4.06. The largest absolute Gasteiger partial charge is 0.516 e. The maximum Gasteiger partial charge on any atom is 0.516 e. The molecule has 0 fully saturated rings. The van der Waals surface area contributed by atoms with Crippen LogP contribution in [0.2, 0.25) is 0 Å². The van der Waals surface area contributed by atoms with Gasteiger partial charge in [0, 0.05) is 11.1 Å². The Balaban J connectivity index is 0.00000212. The second kappa shape index (κ2) is 13.0. The summed E-state index contributed by atoms with van der Waals surface area (Å²) in [6.45, 7) is 13.2. The van der Waals surface area contributed by atoms with Crippen molar-refractivity contribution in [2.45, 2.75) is 60.1 Å². The van der Waals surface area contributed by atoms with Crippen LogP contribution in [0.25, 0.3) is 0 Å². The van der Waals surface area contributed by atoms with Gasteiger partial charge in [0.15, 0.2) is 0 Å². The number of halogens is 3. The third-order valence-corrected chi connectivity index (χ3v) is 4.48. The maximum absolute atomic E-state index is 12.8. The van der Waals surface area contributed by atoms with E-state index in [1.165, 1.54) is 12.1 Å². The smallest absolute Gasteiger partial charge is 0.393 e. The zero-order valence-corrected chi connectivity index (χ0v) is 19.7. The highest BCUT2D eigenvalue weighted by Gasteiger charge is 2.46. The number of hydrogen-bond acceptors (Lipinski definition) is 4. The predicted molar refractivity (Wildman–Crippen MR) is 121 cm³/mol. The Morgan fingerprint density at radius 3 is 2.03 bits per heavy atom. The van der Waals surface area contributed by atoms with Crippen molar-refractivity contribution in [2.75, 3.05) is 4.72 Å². The van der Waals surface area contributed by atoms with Gasteiger partial charge < -0.3 is 4.84 Å². The molecule has 0 aliphatic heterocycles. The molecule has 0 saturated heterocycles. The molecule has 2 aromatic carbocycles. The highest BCUT2D eigenvalue weighted by atomic mass is 32.2. The number of anilines is 1. The van der Waals surface area contributed by atoms with Crippen molar-refractivity contribution in [2.24, 2.45) is 5.16 Å². The quantitative estimate of drug-likeness (QED) is 0.396. The standard InChI is InChI=1S/C18H19F3N2O3S.2C2H6/c1-12(2)26-22-17(14-7-5-4-6-8-14)15-11-13(3)9-10-16(15)23-27(24,25)18(19,20)21;2*1-2/h4-12,23H,1-3H3;2*1-2H3/b22-17+;;. The van der Waals surface area contributed by atoms with Gasteiger partial charge in [-0.15, -0.1) is 0 Å². The molecule has 2 aromatic rings. The number of hydrogen-bond donors (Lipinski definition) is 1. The normalized spacial score (nSPS) is 11.6. The van der Waals surface area contributed by atoms with E-state index >= 15 is 0 Å². The van der Waals surface area contributed by atoms with Gasteiger partial charge in [0.2, 0.25) is 0 Å². The molecular formula is C22H31F3N2O3S. The molecule has 0 amide bonds. The minimum absolute atomic E-state index is 0.176. The zero-order chi connectivity index (χ0) is 24.2. The molecule has 31 heavy (non-hydrogen) atoms. The number of nitrogens with one attached hydrogen (secondary N) is 1. The topological polar surface area (TPSA) is 67.8 Å². The minimum atomic E-state index is -5.58. The Labute approximate surface area is 183 Å². The lowest BCUT2D eigenvalue weighted by Crippen LogP contribution is -2.30. The lowest BCUT2D eigenvalue weighted by Gasteiger charge is -2.16. The van der Waals surface area contributed by atoms with Gasteiger partial charge >= 0.3 is 15.5 Å². The van der Waals surface area contributed by atoms with Crippen LogP contribution in [0.1, 0.15) is 58.2 Å². The van der Waals surface area contributed by atoms with E-state index < -0.39 is 15.5 Å². The minimum Gasteiger partial charge on any atom is -0.393 e. The maximum atomic E-state index is 12.8. The van der Waals surface area contributed by atoms with E-state index in [0.717, 1.165) is 0 Å². The summed E-state index contributed by atoms with van der Waals surface area (Å²) in [5.74, 6) is 0. The molecule has 9 heteroatoms. The third kappa shape index (κ3) is 8.61. The number of rotatable bonds is 6. The molecule has 0 aromatic heterocycles. The molecular weight excluding hydrogens is 429 g/mol. The number of nitrogens with zero attached hydrogens (tertiary/aromatic N) is 1. The van der Waals surface area contributed by atoms with Crippen LogP contribution < -0.4 is 4.72 Å². The van der Waals surface area contributed by atoms with E-state index in [4.69, 9.17) is 4.84 Å². The van der Waals surface area contributed by atoms with Crippen molar-refractivity contribution in [1.29, 1.82) is 0 Å². The Morgan fingerprint density at radius 2 is 1.55 bits per heavy atom. The first-order valence-electron chi connectivity index (χ1n) is 10.0. The van der Waals surface area contributed by atoms with Gasteiger partial charge in [-0.25, -0.2) is 0 Å². The Bertz CT molecular complexity index is 927. The number of alkyl halides is 3. The van der Waals surface area contributed by atoms with Crippen LogP contribution in [-0.2, 0) is 14.9 Å². The Morgan fingerprint density at radius 1 is 1.00 bits per heavy atom. The molecule has 0 radical (unpaired) electrons. The summed E-state index contributed by atoms with van der Waals surface area (Å²) in [7, 11) is -5.58. The van der Waals surface area contributed by atoms with Crippen molar-refractivity contribution in [1.82, 2.24) is 0 Å². The van der Waals surface area contributed by atoms with Gasteiger partial charge in [0.25, 0.3) is 0 Å². The van der Waals surface area contributed by atoms with Crippen LogP contribution >= 0.6 is 0 Å². The van der Waals surface area contributed by atoms with Crippen molar-refractivity contribution in [3.05, 3.63) is 65.2 Å². The van der Waals surface area contributed by atoms with Crippen LogP contribution in [0, 0.1) is 6.92 Å². The van der Waals surface area contributed by atoms with Crippen LogP contribution in [0.3, 0.4) is 0 Å². The summed E-state index contributed by atoms with van der Waals surface area (Å²) < 4.78 is 63.2. The molecule has 0 bridgehead atoms. The van der Waals surface area contributed by atoms with Gasteiger partial charge in [-0.2, -0.15) is 21.6 Å². The Hall–Kier alpha value is -2.55. The van der Waals surface area contributed by atoms with E-state index in [9.17, 15) is 21.6 Å². The molecule has 0 spiro atoms. The molecule has 0 aliphatic carbocycles. The first-order chi connectivity index (χ1) is 14.5. The van der Waals surface area contributed by atoms with E-state index in [1.807, 2.05) is 27.7 Å². The van der Waals surface area contributed by atoms with E-state index in [1.54, 1.807) is 61.9 Å². The molecule has 1 N–H and O–H groups in total. The van der Waals surface area contributed by atoms with Gasteiger partial charge in [0.1, 0.15) is 11.8 Å². The van der Waals surface area contributed by atoms with E-state index in [2.05, 4.69) is 5.16 Å². The zero-order valence-electron chi connectivity index (χ0n) is 18.9. The van der Waals surface area contributed by atoms with Crippen LogP contribution in [0.5, 0.6) is 0 Å². The summed E-state index contributed by atoms with van der Waals surface area (Å²) in [5.41, 5.74) is -4.01. The van der Waals surface area contributed by atoms with Crippen LogP contribution in [0.15, 0.2) is 53.7 Å². The molecule has 0 atom stereocenters. The fourth-order valence-corrected chi connectivity index (χ4v) is 2.74. The second-order valence-corrected chi connectivity index (χ2v) is 7.73. The molecule has 5 nitrogen and oxygen atoms in total. The monoisotopic (exact) mass is 460 g/mol. The van der Waals surface area contributed by atoms with Crippen molar-refractivity contribution in [3.8, 4) is 0 Å². The van der Waals surface area contributed by atoms with E-state index in [-0.39, 0.29) is 23.1 Å². The number of benzene rings is 2. The fraction of sp³-hybridized carbons (Fsp3) is 0.409. The SMILES string of the molecule is CC.CC.Cc1ccc(NS(=O)(=O)C(F)(F)F)c(/C(=N/OC(C)C)c2ccccc2)c1. The highest BCUT2D eigenvalue weighted by molar-refractivity contribution is 7.93. The summed E-state index contributed by atoms with van der Waals surface area (Å²) >= 11 is 0. The number of aryl methyl sites for hydroxylation is 1. The number of sulfonamides is 1. The molecule has 0 heterocycles. The molecule has 0 saturated carbocycles. The average Bonchev–Trinajstić information content (AvgIpc) is 2.72. The van der Waals surface area contributed by atoms with Crippen molar-refractivity contribution in [3.63, 3.8) is 0 Å².